The van der Waals surface area contributed by atoms with Crippen molar-refractivity contribution in [3.05, 3.63) is 34.6 Å². The third-order valence-electron chi connectivity index (χ3n) is 5.27. The Morgan fingerprint density at radius 1 is 1.32 bits per heavy atom. The summed E-state index contributed by atoms with van der Waals surface area (Å²) in [5.41, 5.74) is 0.554. The van der Waals surface area contributed by atoms with E-state index in [-0.39, 0.29) is 23.3 Å². The number of carbonyl (C=O) groups excluding carboxylic acids is 1. The SMILES string of the molecule is COC[C@@H](C)n1c(SCC(=O)NCC2CCCCC2)nc2ccccc2c1=O. The number of carbonyl (C=O) groups is 1. The van der Waals surface area contributed by atoms with Gasteiger partial charge in [0.25, 0.3) is 5.56 Å². The molecule has 0 radical (unpaired) electrons. The lowest BCUT2D eigenvalue weighted by Gasteiger charge is -2.22. The molecule has 1 saturated carbocycles. The van der Waals surface area contributed by atoms with Crippen LogP contribution in [0, 0.1) is 5.92 Å². The van der Waals surface area contributed by atoms with Crippen molar-refractivity contribution in [3.8, 4) is 0 Å². The van der Waals surface area contributed by atoms with Crippen LogP contribution in [0.4, 0.5) is 0 Å². The summed E-state index contributed by atoms with van der Waals surface area (Å²) in [7, 11) is 1.61. The number of amides is 1. The van der Waals surface area contributed by atoms with Crippen LogP contribution in [0.2, 0.25) is 0 Å². The van der Waals surface area contributed by atoms with Crippen LogP contribution in [0.5, 0.6) is 0 Å². The van der Waals surface area contributed by atoms with Crippen molar-refractivity contribution >= 4 is 28.6 Å². The standard InChI is InChI=1S/C21H29N3O3S/c1-15(13-27-2)24-20(26)17-10-6-7-11-18(17)23-21(24)28-14-19(25)22-12-16-8-4-3-5-9-16/h6-7,10-11,15-16H,3-5,8-9,12-14H2,1-2H3,(H,22,25)/t15-/m1/s1. The molecule has 7 heteroatoms. The predicted octanol–water partition coefficient (Wildman–Crippen LogP) is 3.39. The normalized spacial score (nSPS) is 16.2. The quantitative estimate of drug-likeness (QED) is 0.540. The highest BCUT2D eigenvalue weighted by Crippen LogP contribution is 2.23. The number of nitrogens with one attached hydrogen (secondary N) is 1. The first-order chi connectivity index (χ1) is 13.6. The zero-order valence-corrected chi connectivity index (χ0v) is 17.5. The second-order valence-corrected chi connectivity index (χ2v) is 8.43. The Labute approximate surface area is 170 Å². The minimum Gasteiger partial charge on any atom is -0.383 e. The molecule has 1 N–H and O–H groups in total. The molecule has 1 fully saturated rings. The van der Waals surface area contributed by atoms with Gasteiger partial charge in [0.2, 0.25) is 5.91 Å². The molecule has 3 rings (SSSR count). The molecule has 1 aliphatic rings. The van der Waals surface area contributed by atoms with Crippen LogP contribution in [0.15, 0.2) is 34.2 Å². The second-order valence-electron chi connectivity index (χ2n) is 7.49. The van der Waals surface area contributed by atoms with Gasteiger partial charge in [-0.2, -0.15) is 0 Å². The average Bonchev–Trinajstić information content (AvgIpc) is 2.71. The average molecular weight is 404 g/mol. The number of ether oxygens (including phenoxy) is 1. The monoisotopic (exact) mass is 403 g/mol. The van der Waals surface area contributed by atoms with E-state index >= 15 is 0 Å². The van der Waals surface area contributed by atoms with Gasteiger partial charge in [0.05, 0.1) is 29.3 Å². The fraction of sp³-hybridized carbons (Fsp3) is 0.571. The van der Waals surface area contributed by atoms with Gasteiger partial charge in [-0.1, -0.05) is 43.2 Å². The molecule has 0 bridgehead atoms. The van der Waals surface area contributed by atoms with E-state index in [1.807, 2.05) is 25.1 Å². The molecule has 1 aromatic carbocycles. The number of nitrogens with zero attached hydrogens (tertiary/aromatic N) is 2. The Kier molecular flexibility index (Phi) is 7.50. The molecule has 0 saturated heterocycles. The third-order valence-corrected chi connectivity index (χ3v) is 6.22. The van der Waals surface area contributed by atoms with Crippen LogP contribution >= 0.6 is 11.8 Å². The molecule has 152 valence electrons. The summed E-state index contributed by atoms with van der Waals surface area (Å²) in [6.07, 6.45) is 6.24. The molecule has 1 amide bonds. The molecule has 0 aliphatic heterocycles. The molecule has 0 unspecified atom stereocenters. The van der Waals surface area contributed by atoms with Crippen molar-refractivity contribution in [2.24, 2.45) is 5.92 Å². The number of thioether (sulfide) groups is 1. The highest BCUT2D eigenvalue weighted by Gasteiger charge is 2.18. The van der Waals surface area contributed by atoms with Gasteiger partial charge in [0.1, 0.15) is 0 Å². The number of para-hydroxylation sites is 1. The second kappa shape index (κ2) is 10.1. The predicted molar refractivity (Wildman–Crippen MR) is 113 cm³/mol. The largest absolute Gasteiger partial charge is 0.383 e. The zero-order valence-electron chi connectivity index (χ0n) is 16.6. The summed E-state index contributed by atoms with van der Waals surface area (Å²) in [5, 5.41) is 4.19. The Morgan fingerprint density at radius 2 is 2.07 bits per heavy atom. The summed E-state index contributed by atoms with van der Waals surface area (Å²) >= 11 is 1.31. The van der Waals surface area contributed by atoms with E-state index < -0.39 is 0 Å². The zero-order chi connectivity index (χ0) is 19.9. The summed E-state index contributed by atoms with van der Waals surface area (Å²) < 4.78 is 6.88. The van der Waals surface area contributed by atoms with Crippen molar-refractivity contribution in [2.45, 2.75) is 50.2 Å². The Hall–Kier alpha value is -1.86. The van der Waals surface area contributed by atoms with Crippen LogP contribution < -0.4 is 10.9 Å². The van der Waals surface area contributed by atoms with Gasteiger partial charge in [0.15, 0.2) is 5.16 Å². The lowest BCUT2D eigenvalue weighted by Crippen LogP contribution is -2.32. The van der Waals surface area contributed by atoms with E-state index in [1.165, 1.54) is 43.9 Å². The lowest BCUT2D eigenvalue weighted by atomic mass is 9.89. The summed E-state index contributed by atoms with van der Waals surface area (Å²) in [6, 6.07) is 7.15. The molecule has 1 aromatic heterocycles. The molecule has 6 nitrogen and oxygen atoms in total. The van der Waals surface area contributed by atoms with Gasteiger partial charge in [-0.05, 0) is 37.8 Å². The van der Waals surface area contributed by atoms with Crippen LogP contribution in [-0.2, 0) is 9.53 Å². The van der Waals surface area contributed by atoms with E-state index in [4.69, 9.17) is 4.74 Å². The first-order valence-electron chi connectivity index (χ1n) is 10.00. The number of benzene rings is 1. The fourth-order valence-corrected chi connectivity index (χ4v) is 4.69. The Bertz CT molecular complexity index is 862. The molecular weight excluding hydrogens is 374 g/mol. The Balaban J connectivity index is 1.72. The number of rotatable bonds is 8. The van der Waals surface area contributed by atoms with E-state index in [2.05, 4.69) is 10.3 Å². The highest BCUT2D eigenvalue weighted by molar-refractivity contribution is 7.99. The molecule has 28 heavy (non-hydrogen) atoms. The first-order valence-corrected chi connectivity index (χ1v) is 11.0. The maximum atomic E-state index is 13.0. The molecule has 1 atom stereocenters. The van der Waals surface area contributed by atoms with E-state index in [0.717, 1.165) is 6.54 Å². The fourth-order valence-electron chi connectivity index (χ4n) is 3.76. The van der Waals surface area contributed by atoms with Crippen molar-refractivity contribution in [1.29, 1.82) is 0 Å². The van der Waals surface area contributed by atoms with E-state index in [0.29, 0.717) is 28.6 Å². The summed E-state index contributed by atoms with van der Waals surface area (Å²) in [5.74, 6) is 0.835. The van der Waals surface area contributed by atoms with Gasteiger partial charge >= 0.3 is 0 Å². The van der Waals surface area contributed by atoms with Gasteiger partial charge < -0.3 is 10.1 Å². The topological polar surface area (TPSA) is 73.2 Å². The highest BCUT2D eigenvalue weighted by atomic mass is 32.2. The third kappa shape index (κ3) is 5.14. The van der Waals surface area contributed by atoms with Gasteiger partial charge in [-0.3, -0.25) is 14.2 Å². The number of hydrogen-bond donors (Lipinski definition) is 1. The molecule has 1 aliphatic carbocycles. The number of fused-ring (bicyclic) bond motifs is 1. The van der Waals surface area contributed by atoms with Gasteiger partial charge in [-0.15, -0.1) is 0 Å². The number of aromatic nitrogens is 2. The summed E-state index contributed by atoms with van der Waals surface area (Å²) in [4.78, 5) is 30.0. The molecule has 0 spiro atoms. The van der Waals surface area contributed by atoms with E-state index in [1.54, 1.807) is 17.7 Å². The van der Waals surface area contributed by atoms with Crippen LogP contribution in [0.1, 0.15) is 45.1 Å². The molecule has 1 heterocycles. The number of methoxy groups -OCH3 is 1. The van der Waals surface area contributed by atoms with Gasteiger partial charge in [-0.25, -0.2) is 4.98 Å². The van der Waals surface area contributed by atoms with Crippen molar-refractivity contribution < 1.29 is 9.53 Å². The number of hydrogen-bond acceptors (Lipinski definition) is 5. The lowest BCUT2D eigenvalue weighted by molar-refractivity contribution is -0.118. The van der Waals surface area contributed by atoms with Crippen LogP contribution in [-0.4, -0.2) is 41.5 Å². The molecular formula is C21H29N3O3S. The minimum atomic E-state index is -0.164. The van der Waals surface area contributed by atoms with Crippen molar-refractivity contribution in [2.75, 3.05) is 26.0 Å². The Morgan fingerprint density at radius 3 is 2.82 bits per heavy atom. The van der Waals surface area contributed by atoms with Gasteiger partial charge in [0, 0.05) is 13.7 Å². The van der Waals surface area contributed by atoms with Crippen LogP contribution in [0.25, 0.3) is 10.9 Å². The van der Waals surface area contributed by atoms with E-state index in [9.17, 15) is 9.59 Å². The van der Waals surface area contributed by atoms with Crippen molar-refractivity contribution in [3.63, 3.8) is 0 Å². The minimum absolute atomic E-state index is 0.0103. The first kappa shape index (κ1) is 20.9. The van der Waals surface area contributed by atoms with Crippen LogP contribution in [0.3, 0.4) is 0 Å². The maximum Gasteiger partial charge on any atom is 0.262 e. The smallest absolute Gasteiger partial charge is 0.262 e. The summed E-state index contributed by atoms with van der Waals surface area (Å²) in [6.45, 7) is 3.08. The maximum absolute atomic E-state index is 13.0. The molecule has 2 aromatic rings. The van der Waals surface area contributed by atoms with Crippen molar-refractivity contribution in [1.82, 2.24) is 14.9 Å².